The zero-order valence-electron chi connectivity index (χ0n) is 16.5. The Balaban J connectivity index is 2.54. The zero-order valence-corrected chi connectivity index (χ0v) is 16.5. The third-order valence-corrected chi connectivity index (χ3v) is 3.39. The first-order chi connectivity index (χ1) is 11.9. The summed E-state index contributed by atoms with van der Waals surface area (Å²) in [5.41, 5.74) is 2.23. The summed E-state index contributed by atoms with van der Waals surface area (Å²) in [6.45, 7) is 14.8. The lowest BCUT2D eigenvalue weighted by Crippen LogP contribution is -2.38. The van der Waals surface area contributed by atoms with Crippen LogP contribution < -0.4 is 10.6 Å². The standard InChI is InChI=1S/C20H35N3O2/c1-6-21-19(22-12-9-13-24-7-2)23-15-17-10-8-11-18(14-17)16-25-20(3,4)5/h8,10-11,14H,6-7,9,12-13,15-16H2,1-5H3,(H2,21,22,23). The van der Waals surface area contributed by atoms with Crippen LogP contribution in [0.1, 0.15) is 52.2 Å². The van der Waals surface area contributed by atoms with Gasteiger partial charge in [0.05, 0.1) is 18.8 Å². The summed E-state index contributed by atoms with van der Waals surface area (Å²) in [6.07, 6.45) is 0.970. The Morgan fingerprint density at radius 2 is 1.88 bits per heavy atom. The van der Waals surface area contributed by atoms with Crippen LogP contribution in [-0.4, -0.2) is 37.9 Å². The van der Waals surface area contributed by atoms with E-state index in [0.29, 0.717) is 13.2 Å². The quantitative estimate of drug-likeness (QED) is 0.386. The van der Waals surface area contributed by atoms with E-state index in [4.69, 9.17) is 9.47 Å². The van der Waals surface area contributed by atoms with Crippen molar-refractivity contribution in [2.45, 2.75) is 59.8 Å². The Morgan fingerprint density at radius 3 is 2.56 bits per heavy atom. The molecule has 0 amide bonds. The fraction of sp³-hybridized carbons (Fsp3) is 0.650. The lowest BCUT2D eigenvalue weighted by molar-refractivity contribution is -0.0149. The van der Waals surface area contributed by atoms with E-state index in [1.54, 1.807) is 0 Å². The molecule has 0 unspecified atom stereocenters. The molecule has 0 heterocycles. The number of hydrogen-bond donors (Lipinski definition) is 2. The van der Waals surface area contributed by atoms with Crippen molar-refractivity contribution in [2.24, 2.45) is 4.99 Å². The van der Waals surface area contributed by atoms with Gasteiger partial charge in [0.1, 0.15) is 0 Å². The summed E-state index contributed by atoms with van der Waals surface area (Å²) in [7, 11) is 0. The first-order valence-corrected chi connectivity index (χ1v) is 9.26. The van der Waals surface area contributed by atoms with Crippen molar-refractivity contribution in [1.29, 1.82) is 0 Å². The second-order valence-corrected chi connectivity index (χ2v) is 6.89. The average Bonchev–Trinajstić information content (AvgIpc) is 2.57. The minimum Gasteiger partial charge on any atom is -0.382 e. The third-order valence-electron chi connectivity index (χ3n) is 3.39. The van der Waals surface area contributed by atoms with Crippen LogP contribution in [0.3, 0.4) is 0 Å². The molecule has 0 aliphatic rings. The first-order valence-electron chi connectivity index (χ1n) is 9.26. The smallest absolute Gasteiger partial charge is 0.191 e. The first kappa shape index (κ1) is 21.5. The van der Waals surface area contributed by atoms with Gasteiger partial charge in [-0.25, -0.2) is 4.99 Å². The van der Waals surface area contributed by atoms with Crippen molar-refractivity contribution in [2.75, 3.05) is 26.3 Å². The van der Waals surface area contributed by atoms with Crippen LogP contribution >= 0.6 is 0 Å². The molecular weight excluding hydrogens is 314 g/mol. The summed E-state index contributed by atoms with van der Waals surface area (Å²) in [4.78, 5) is 4.66. The number of nitrogens with one attached hydrogen (secondary N) is 2. The minimum absolute atomic E-state index is 0.127. The minimum atomic E-state index is -0.127. The van der Waals surface area contributed by atoms with Crippen molar-refractivity contribution in [3.8, 4) is 0 Å². The highest BCUT2D eigenvalue weighted by Crippen LogP contribution is 2.13. The van der Waals surface area contributed by atoms with Crippen LogP contribution in [0.2, 0.25) is 0 Å². The predicted octanol–water partition coefficient (Wildman–Crippen LogP) is 3.48. The Morgan fingerprint density at radius 1 is 1.12 bits per heavy atom. The van der Waals surface area contributed by atoms with E-state index < -0.39 is 0 Å². The molecule has 0 bridgehead atoms. The molecule has 2 N–H and O–H groups in total. The van der Waals surface area contributed by atoms with E-state index >= 15 is 0 Å². The molecule has 25 heavy (non-hydrogen) atoms. The number of nitrogens with zero attached hydrogens (tertiary/aromatic N) is 1. The molecule has 142 valence electrons. The zero-order chi connectivity index (χ0) is 18.5. The number of guanidine groups is 1. The molecule has 5 nitrogen and oxygen atoms in total. The number of aliphatic imine (C=N–C) groups is 1. The maximum Gasteiger partial charge on any atom is 0.191 e. The van der Waals surface area contributed by atoms with Gasteiger partial charge in [0.25, 0.3) is 0 Å². The van der Waals surface area contributed by atoms with Gasteiger partial charge in [-0.15, -0.1) is 0 Å². The molecule has 0 radical (unpaired) electrons. The van der Waals surface area contributed by atoms with E-state index in [9.17, 15) is 0 Å². The van der Waals surface area contributed by atoms with Crippen molar-refractivity contribution < 1.29 is 9.47 Å². The predicted molar refractivity (Wildman–Crippen MR) is 105 cm³/mol. The largest absolute Gasteiger partial charge is 0.382 e. The lowest BCUT2D eigenvalue weighted by atomic mass is 10.1. The Kier molecular flexibility index (Phi) is 10.2. The van der Waals surface area contributed by atoms with E-state index in [-0.39, 0.29) is 5.60 Å². The van der Waals surface area contributed by atoms with Gasteiger partial charge in [0.15, 0.2) is 5.96 Å². The molecule has 0 saturated carbocycles. The van der Waals surface area contributed by atoms with E-state index in [1.807, 2.05) is 6.92 Å². The topological polar surface area (TPSA) is 54.9 Å². The number of benzene rings is 1. The molecule has 0 aromatic heterocycles. The van der Waals surface area contributed by atoms with Crippen LogP contribution in [0.25, 0.3) is 0 Å². The second-order valence-electron chi connectivity index (χ2n) is 6.89. The van der Waals surface area contributed by atoms with Gasteiger partial charge in [-0.1, -0.05) is 24.3 Å². The van der Waals surface area contributed by atoms with Crippen LogP contribution in [0, 0.1) is 0 Å². The Bertz CT molecular complexity index is 510. The molecule has 1 rings (SSSR count). The Labute approximate surface area is 153 Å². The molecular formula is C20H35N3O2. The normalized spacial score (nSPS) is 12.3. The van der Waals surface area contributed by atoms with E-state index in [0.717, 1.165) is 38.7 Å². The highest BCUT2D eigenvalue weighted by Gasteiger charge is 2.10. The van der Waals surface area contributed by atoms with Crippen molar-refractivity contribution in [3.63, 3.8) is 0 Å². The fourth-order valence-electron chi connectivity index (χ4n) is 2.16. The second kappa shape index (κ2) is 11.9. The molecule has 0 fully saturated rings. The molecule has 0 atom stereocenters. The summed E-state index contributed by atoms with van der Waals surface area (Å²) >= 11 is 0. The van der Waals surface area contributed by atoms with Crippen LogP contribution in [0.4, 0.5) is 0 Å². The molecule has 0 saturated heterocycles. The summed E-state index contributed by atoms with van der Waals surface area (Å²) in [5, 5.41) is 6.62. The van der Waals surface area contributed by atoms with Crippen molar-refractivity contribution in [1.82, 2.24) is 10.6 Å². The van der Waals surface area contributed by atoms with E-state index in [1.165, 1.54) is 11.1 Å². The Hall–Kier alpha value is -1.59. The molecule has 1 aromatic rings. The average molecular weight is 350 g/mol. The maximum atomic E-state index is 5.85. The summed E-state index contributed by atoms with van der Waals surface area (Å²) in [6, 6.07) is 8.42. The molecule has 5 heteroatoms. The van der Waals surface area contributed by atoms with Crippen LogP contribution in [0.5, 0.6) is 0 Å². The summed E-state index contributed by atoms with van der Waals surface area (Å²) < 4.78 is 11.2. The van der Waals surface area contributed by atoms with Gasteiger partial charge in [-0.05, 0) is 52.2 Å². The van der Waals surface area contributed by atoms with Gasteiger partial charge in [0, 0.05) is 26.3 Å². The molecule has 0 aliphatic heterocycles. The van der Waals surface area contributed by atoms with Crippen molar-refractivity contribution >= 4 is 5.96 Å². The molecule has 0 spiro atoms. The van der Waals surface area contributed by atoms with Gasteiger partial charge in [-0.2, -0.15) is 0 Å². The monoisotopic (exact) mass is 349 g/mol. The molecule has 0 aliphatic carbocycles. The van der Waals surface area contributed by atoms with Gasteiger partial charge < -0.3 is 20.1 Å². The SMILES string of the molecule is CCNC(=NCc1cccc(COC(C)(C)C)c1)NCCCOCC. The maximum absolute atomic E-state index is 5.85. The van der Waals surface area contributed by atoms with Crippen LogP contribution in [-0.2, 0) is 22.6 Å². The van der Waals surface area contributed by atoms with Gasteiger partial charge in [0.2, 0.25) is 0 Å². The van der Waals surface area contributed by atoms with Crippen molar-refractivity contribution in [3.05, 3.63) is 35.4 Å². The number of hydrogen-bond acceptors (Lipinski definition) is 3. The number of rotatable bonds is 10. The van der Waals surface area contributed by atoms with E-state index in [2.05, 4.69) is 67.6 Å². The van der Waals surface area contributed by atoms with Gasteiger partial charge >= 0.3 is 0 Å². The summed E-state index contributed by atoms with van der Waals surface area (Å²) in [5.74, 6) is 0.843. The fourth-order valence-corrected chi connectivity index (χ4v) is 2.16. The van der Waals surface area contributed by atoms with Crippen LogP contribution in [0.15, 0.2) is 29.3 Å². The highest BCUT2D eigenvalue weighted by molar-refractivity contribution is 5.79. The highest BCUT2D eigenvalue weighted by atomic mass is 16.5. The lowest BCUT2D eigenvalue weighted by Gasteiger charge is -2.19. The third kappa shape index (κ3) is 10.8. The molecule has 1 aromatic carbocycles. The number of ether oxygens (including phenoxy) is 2. The van der Waals surface area contributed by atoms with Gasteiger partial charge in [-0.3, -0.25) is 0 Å².